The Morgan fingerprint density at radius 1 is 0.848 bits per heavy atom. The van der Waals surface area contributed by atoms with Gasteiger partial charge >= 0.3 is 6.18 Å². The topological polar surface area (TPSA) is 86.7 Å². The summed E-state index contributed by atoms with van der Waals surface area (Å²) in [6, 6.07) is 10.5. The van der Waals surface area contributed by atoms with Crippen LogP contribution < -0.4 is 11.3 Å². The van der Waals surface area contributed by atoms with Gasteiger partial charge in [-0.05, 0) is 42.0 Å². The van der Waals surface area contributed by atoms with E-state index in [9.17, 15) is 22.4 Å². The molecule has 33 heavy (non-hydrogen) atoms. The first-order chi connectivity index (χ1) is 15.7. The summed E-state index contributed by atoms with van der Waals surface area (Å²) < 4.78 is 55.0. The summed E-state index contributed by atoms with van der Waals surface area (Å²) >= 11 is 0. The van der Waals surface area contributed by atoms with E-state index in [-0.39, 0.29) is 11.6 Å². The Labute approximate surface area is 183 Å². The Morgan fingerprint density at radius 3 is 2.33 bits per heavy atom. The van der Waals surface area contributed by atoms with Crippen molar-refractivity contribution in [3.63, 3.8) is 0 Å². The van der Waals surface area contributed by atoms with Gasteiger partial charge in [0, 0.05) is 41.0 Å². The monoisotopic (exact) mass is 451 g/mol. The van der Waals surface area contributed by atoms with E-state index in [0.717, 1.165) is 10.6 Å². The largest absolute Gasteiger partial charge is 0.419 e. The molecule has 2 aromatic carbocycles. The molecule has 6 nitrogen and oxygen atoms in total. The lowest BCUT2D eigenvalue weighted by molar-refractivity contribution is -0.140. The standard InChI is InChI=1S/C23H13F4N5O/c24-18-4-3-15(8-17(18)23(25,26)27)32-20(33)6-2-13-9-29-19-5-1-12(7-16(19)21(13)32)14-10-30-22(28)31-11-14/h1-11H,(H2,28,30,31). The van der Waals surface area contributed by atoms with Crippen LogP contribution in [0.3, 0.4) is 0 Å². The summed E-state index contributed by atoms with van der Waals surface area (Å²) in [6.45, 7) is 0. The first-order valence-electron chi connectivity index (χ1n) is 9.62. The van der Waals surface area contributed by atoms with E-state index in [2.05, 4.69) is 15.0 Å². The minimum atomic E-state index is -4.92. The maximum atomic E-state index is 13.9. The van der Waals surface area contributed by atoms with E-state index in [1.54, 1.807) is 18.2 Å². The first kappa shape index (κ1) is 20.6. The third-order valence-corrected chi connectivity index (χ3v) is 5.24. The normalized spacial score (nSPS) is 11.9. The molecule has 164 valence electrons. The summed E-state index contributed by atoms with van der Waals surface area (Å²) in [5, 5.41) is 1.03. The number of alkyl halides is 3. The van der Waals surface area contributed by atoms with Crippen molar-refractivity contribution in [3.8, 4) is 16.8 Å². The summed E-state index contributed by atoms with van der Waals surface area (Å²) in [6.07, 6.45) is -0.330. The third-order valence-electron chi connectivity index (χ3n) is 5.24. The molecular formula is C23H13F4N5O. The zero-order valence-corrected chi connectivity index (χ0v) is 16.6. The Kier molecular flexibility index (Phi) is 4.59. The summed E-state index contributed by atoms with van der Waals surface area (Å²) in [7, 11) is 0. The van der Waals surface area contributed by atoms with Gasteiger partial charge in [0.15, 0.2) is 0 Å². The molecule has 0 saturated heterocycles. The van der Waals surface area contributed by atoms with Gasteiger partial charge in [0.1, 0.15) is 5.82 Å². The Balaban J connectivity index is 1.84. The lowest BCUT2D eigenvalue weighted by Crippen LogP contribution is -2.19. The minimum absolute atomic E-state index is 0.109. The molecule has 0 saturated carbocycles. The maximum Gasteiger partial charge on any atom is 0.419 e. The van der Waals surface area contributed by atoms with Crippen molar-refractivity contribution in [2.45, 2.75) is 6.18 Å². The molecule has 0 spiro atoms. The number of rotatable bonds is 2. The summed E-state index contributed by atoms with van der Waals surface area (Å²) in [5.74, 6) is -1.31. The highest BCUT2D eigenvalue weighted by Crippen LogP contribution is 2.34. The fourth-order valence-corrected chi connectivity index (χ4v) is 3.70. The van der Waals surface area contributed by atoms with Gasteiger partial charge < -0.3 is 5.73 Å². The number of hydrogen-bond acceptors (Lipinski definition) is 5. The molecule has 0 unspecified atom stereocenters. The molecule has 3 heterocycles. The molecule has 0 bridgehead atoms. The maximum absolute atomic E-state index is 13.9. The van der Waals surface area contributed by atoms with Crippen LogP contribution in [0.5, 0.6) is 0 Å². The van der Waals surface area contributed by atoms with Crippen LogP contribution >= 0.6 is 0 Å². The average molecular weight is 451 g/mol. The van der Waals surface area contributed by atoms with Crippen molar-refractivity contribution >= 4 is 27.8 Å². The SMILES string of the molecule is Nc1ncc(-c2ccc3ncc4ccc(=O)n(-c5ccc(F)c(C(F)(F)F)c5)c4c3c2)cn1. The van der Waals surface area contributed by atoms with E-state index in [0.29, 0.717) is 45.1 Å². The summed E-state index contributed by atoms with van der Waals surface area (Å²) in [5.41, 5.74) is 5.59. The number of halogens is 4. The molecule has 0 aliphatic rings. The second-order valence-electron chi connectivity index (χ2n) is 7.29. The molecule has 3 aromatic heterocycles. The molecule has 5 rings (SSSR count). The molecular weight excluding hydrogens is 438 g/mol. The van der Waals surface area contributed by atoms with Crippen LogP contribution in [0.25, 0.3) is 38.6 Å². The molecule has 10 heteroatoms. The van der Waals surface area contributed by atoms with Gasteiger partial charge in [0.2, 0.25) is 5.95 Å². The van der Waals surface area contributed by atoms with Crippen LogP contribution in [0.15, 0.2) is 71.9 Å². The molecule has 0 atom stereocenters. The number of nitrogens with zero attached hydrogens (tertiary/aromatic N) is 4. The van der Waals surface area contributed by atoms with E-state index < -0.39 is 23.1 Å². The number of nitrogens with two attached hydrogens (primary N) is 1. The zero-order chi connectivity index (χ0) is 23.3. The lowest BCUT2D eigenvalue weighted by atomic mass is 10.0. The predicted molar refractivity (Wildman–Crippen MR) is 115 cm³/mol. The van der Waals surface area contributed by atoms with Crippen molar-refractivity contribution in [3.05, 3.63) is 88.9 Å². The van der Waals surface area contributed by atoms with E-state index in [1.807, 2.05) is 0 Å². The van der Waals surface area contributed by atoms with Gasteiger partial charge in [-0.1, -0.05) is 6.07 Å². The molecule has 5 aromatic rings. The fourth-order valence-electron chi connectivity index (χ4n) is 3.70. The third kappa shape index (κ3) is 3.55. The van der Waals surface area contributed by atoms with Gasteiger partial charge in [-0.3, -0.25) is 14.3 Å². The van der Waals surface area contributed by atoms with Gasteiger partial charge in [0.25, 0.3) is 5.56 Å². The lowest BCUT2D eigenvalue weighted by Gasteiger charge is -2.15. The molecule has 0 aliphatic carbocycles. The van der Waals surface area contributed by atoms with Crippen LogP contribution in [-0.2, 0) is 6.18 Å². The second kappa shape index (κ2) is 7.37. The Morgan fingerprint density at radius 2 is 1.61 bits per heavy atom. The highest BCUT2D eigenvalue weighted by atomic mass is 19.4. The predicted octanol–water partition coefficient (Wildman–Crippen LogP) is 4.74. The highest BCUT2D eigenvalue weighted by Gasteiger charge is 2.34. The van der Waals surface area contributed by atoms with Crippen LogP contribution in [0, 0.1) is 5.82 Å². The van der Waals surface area contributed by atoms with Crippen LogP contribution in [0.2, 0.25) is 0 Å². The van der Waals surface area contributed by atoms with Crippen molar-refractivity contribution in [1.82, 2.24) is 19.5 Å². The Bertz CT molecular complexity index is 1590. The fraction of sp³-hybridized carbons (Fsp3) is 0.0435. The number of nitrogen functional groups attached to an aromatic ring is 1. The van der Waals surface area contributed by atoms with Crippen molar-refractivity contribution in [2.75, 3.05) is 5.73 Å². The van der Waals surface area contributed by atoms with E-state index >= 15 is 0 Å². The number of fused-ring (bicyclic) bond motifs is 3. The number of hydrogen-bond donors (Lipinski definition) is 1. The zero-order valence-electron chi connectivity index (χ0n) is 16.6. The number of pyridine rings is 2. The highest BCUT2D eigenvalue weighted by molar-refractivity contribution is 6.05. The minimum Gasteiger partial charge on any atom is -0.368 e. The Hall–Kier alpha value is -4.34. The van der Waals surface area contributed by atoms with Crippen LogP contribution in [-0.4, -0.2) is 19.5 Å². The number of aromatic nitrogens is 4. The second-order valence-corrected chi connectivity index (χ2v) is 7.29. The number of benzene rings is 2. The van der Waals surface area contributed by atoms with Crippen molar-refractivity contribution < 1.29 is 17.6 Å². The summed E-state index contributed by atoms with van der Waals surface area (Å²) in [4.78, 5) is 25.2. The van der Waals surface area contributed by atoms with Crippen molar-refractivity contribution in [1.29, 1.82) is 0 Å². The molecule has 2 N–H and O–H groups in total. The van der Waals surface area contributed by atoms with Gasteiger partial charge in [-0.2, -0.15) is 13.2 Å². The molecule has 0 radical (unpaired) electrons. The van der Waals surface area contributed by atoms with E-state index in [4.69, 9.17) is 5.73 Å². The average Bonchev–Trinajstić information content (AvgIpc) is 2.79. The number of anilines is 1. The smallest absolute Gasteiger partial charge is 0.368 e. The molecule has 0 fully saturated rings. The van der Waals surface area contributed by atoms with Gasteiger partial charge in [-0.15, -0.1) is 0 Å². The molecule has 0 aliphatic heterocycles. The van der Waals surface area contributed by atoms with Crippen LogP contribution in [0.1, 0.15) is 5.56 Å². The quantitative estimate of drug-likeness (QED) is 0.310. The first-order valence-corrected chi connectivity index (χ1v) is 9.62. The van der Waals surface area contributed by atoms with Crippen LogP contribution in [0.4, 0.5) is 23.5 Å². The van der Waals surface area contributed by atoms with Gasteiger partial charge in [0.05, 0.1) is 22.3 Å². The van der Waals surface area contributed by atoms with Gasteiger partial charge in [-0.25, -0.2) is 14.4 Å². The van der Waals surface area contributed by atoms with Crippen molar-refractivity contribution in [2.24, 2.45) is 0 Å². The van der Waals surface area contributed by atoms with E-state index in [1.165, 1.54) is 30.7 Å². The molecule has 0 amide bonds.